The van der Waals surface area contributed by atoms with Gasteiger partial charge in [-0.25, -0.2) is 9.97 Å². The maximum Gasteiger partial charge on any atom is 0.138 e. The van der Waals surface area contributed by atoms with E-state index in [1.54, 1.807) is 0 Å². The van der Waals surface area contributed by atoms with Gasteiger partial charge < -0.3 is 5.32 Å². The molecule has 2 aromatic rings. The third-order valence-corrected chi connectivity index (χ3v) is 3.95. The minimum atomic E-state index is 0.398. The van der Waals surface area contributed by atoms with Crippen LogP contribution >= 0.6 is 0 Å². The van der Waals surface area contributed by atoms with Crippen LogP contribution in [0.15, 0.2) is 30.6 Å². The topological polar surface area (TPSA) is 42.7 Å². The highest BCUT2D eigenvalue weighted by Gasteiger charge is 2.17. The lowest BCUT2D eigenvalue weighted by molar-refractivity contribution is 0.453. The predicted molar refractivity (Wildman–Crippen MR) is 80.3 cm³/mol. The van der Waals surface area contributed by atoms with Crippen molar-refractivity contribution in [2.45, 2.75) is 38.5 Å². The van der Waals surface area contributed by atoms with Crippen LogP contribution < -0.4 is 5.32 Å². The van der Waals surface area contributed by atoms with Crippen LogP contribution in [0.2, 0.25) is 0 Å². The number of nitrogens with one attached hydrogen (secondary N) is 1. The maximum absolute atomic E-state index is 4.88. The van der Waals surface area contributed by atoms with Crippen molar-refractivity contribution < 1.29 is 0 Å². The van der Waals surface area contributed by atoms with Gasteiger partial charge in [0.05, 0.1) is 0 Å². The zero-order chi connectivity index (χ0) is 13.9. The summed E-state index contributed by atoms with van der Waals surface area (Å²) in [5.41, 5.74) is 1.22. The largest absolute Gasteiger partial charge is 0.317 e. The highest BCUT2D eigenvalue weighted by molar-refractivity contribution is 5.28. The van der Waals surface area contributed by atoms with Gasteiger partial charge in [-0.15, -0.1) is 0 Å². The lowest BCUT2D eigenvalue weighted by atomic mass is 9.94. The minimum absolute atomic E-state index is 0.398. The minimum Gasteiger partial charge on any atom is -0.317 e. The van der Waals surface area contributed by atoms with Crippen LogP contribution in [-0.4, -0.2) is 27.6 Å². The third kappa shape index (κ3) is 2.61. The highest BCUT2D eigenvalue weighted by atomic mass is 15.1. The highest BCUT2D eigenvalue weighted by Crippen LogP contribution is 2.25. The van der Waals surface area contributed by atoms with Crippen molar-refractivity contribution >= 4 is 0 Å². The van der Waals surface area contributed by atoms with Gasteiger partial charge in [0.1, 0.15) is 11.6 Å². The Morgan fingerprint density at radius 1 is 1.25 bits per heavy atom. The van der Waals surface area contributed by atoms with Crippen LogP contribution in [-0.2, 0) is 0 Å². The Kier molecular flexibility index (Phi) is 3.83. The number of imidazole rings is 1. The molecule has 1 N–H and O–H groups in total. The van der Waals surface area contributed by atoms with Crippen LogP contribution in [0.1, 0.15) is 50.0 Å². The summed E-state index contributed by atoms with van der Waals surface area (Å²) in [6.45, 7) is 6.52. The molecular weight excluding hydrogens is 248 g/mol. The summed E-state index contributed by atoms with van der Waals surface area (Å²) in [6, 6.07) is 6.34. The van der Waals surface area contributed by atoms with E-state index in [0.29, 0.717) is 11.8 Å². The van der Waals surface area contributed by atoms with E-state index < -0.39 is 0 Å². The summed E-state index contributed by atoms with van der Waals surface area (Å²) in [7, 11) is 0. The fourth-order valence-electron chi connectivity index (χ4n) is 2.85. The Hall–Kier alpha value is -1.68. The van der Waals surface area contributed by atoms with Crippen molar-refractivity contribution in [2.75, 3.05) is 13.1 Å². The first-order valence-corrected chi connectivity index (χ1v) is 7.47. The van der Waals surface area contributed by atoms with Gasteiger partial charge in [-0.2, -0.15) is 0 Å². The second-order valence-electron chi connectivity index (χ2n) is 5.76. The SMILES string of the molecule is CC(C)c1nccn1-c1cccc(C2CCNCC2)n1. The van der Waals surface area contributed by atoms with E-state index in [1.807, 2.05) is 12.4 Å². The monoisotopic (exact) mass is 270 g/mol. The molecule has 0 aromatic carbocycles. The van der Waals surface area contributed by atoms with Crippen molar-refractivity contribution in [3.8, 4) is 5.82 Å². The van der Waals surface area contributed by atoms with E-state index in [-0.39, 0.29) is 0 Å². The molecule has 2 aromatic heterocycles. The number of nitrogens with zero attached hydrogens (tertiary/aromatic N) is 3. The van der Waals surface area contributed by atoms with E-state index in [1.165, 1.54) is 18.5 Å². The predicted octanol–water partition coefficient (Wildman–Crippen LogP) is 2.86. The average Bonchev–Trinajstić information content (AvgIpc) is 2.98. The van der Waals surface area contributed by atoms with E-state index in [4.69, 9.17) is 4.98 Å². The molecule has 1 fully saturated rings. The van der Waals surface area contributed by atoms with E-state index >= 15 is 0 Å². The van der Waals surface area contributed by atoms with Gasteiger partial charge in [0.2, 0.25) is 0 Å². The molecule has 3 rings (SSSR count). The Morgan fingerprint density at radius 3 is 2.80 bits per heavy atom. The summed E-state index contributed by atoms with van der Waals surface area (Å²) >= 11 is 0. The Labute approximate surface area is 120 Å². The molecule has 0 atom stereocenters. The van der Waals surface area contributed by atoms with Crippen LogP contribution in [0.25, 0.3) is 5.82 Å². The molecule has 0 unspecified atom stereocenters. The average molecular weight is 270 g/mol. The molecule has 1 saturated heterocycles. The lowest BCUT2D eigenvalue weighted by Crippen LogP contribution is -2.27. The molecule has 0 saturated carbocycles. The van der Waals surface area contributed by atoms with Crippen LogP contribution in [0, 0.1) is 0 Å². The van der Waals surface area contributed by atoms with Gasteiger partial charge >= 0.3 is 0 Å². The van der Waals surface area contributed by atoms with E-state index in [9.17, 15) is 0 Å². The molecule has 0 aliphatic carbocycles. The number of hydrogen-bond acceptors (Lipinski definition) is 3. The standard InChI is InChI=1S/C16H22N4/c1-12(2)16-18-10-11-20(16)15-5-3-4-14(19-15)13-6-8-17-9-7-13/h3-5,10-13,17H,6-9H2,1-2H3. The first-order valence-electron chi connectivity index (χ1n) is 7.47. The quantitative estimate of drug-likeness (QED) is 0.932. The Morgan fingerprint density at radius 2 is 2.05 bits per heavy atom. The lowest BCUT2D eigenvalue weighted by Gasteiger charge is -2.22. The van der Waals surface area contributed by atoms with Crippen molar-refractivity contribution in [1.29, 1.82) is 0 Å². The van der Waals surface area contributed by atoms with Gasteiger partial charge in [-0.3, -0.25) is 4.57 Å². The number of pyridine rings is 1. The molecule has 4 nitrogen and oxygen atoms in total. The van der Waals surface area contributed by atoms with Crippen LogP contribution in [0.5, 0.6) is 0 Å². The van der Waals surface area contributed by atoms with E-state index in [0.717, 1.165) is 24.7 Å². The molecule has 20 heavy (non-hydrogen) atoms. The molecular formula is C16H22N4. The number of hydrogen-bond donors (Lipinski definition) is 1. The van der Waals surface area contributed by atoms with Crippen LogP contribution in [0.4, 0.5) is 0 Å². The first-order chi connectivity index (χ1) is 9.75. The normalized spacial score (nSPS) is 16.8. The summed E-state index contributed by atoms with van der Waals surface area (Å²) in [5.74, 6) is 3.04. The molecule has 106 valence electrons. The number of rotatable bonds is 3. The molecule has 3 heterocycles. The Balaban J connectivity index is 1.92. The first kappa shape index (κ1) is 13.3. The molecule has 0 spiro atoms. The second-order valence-corrected chi connectivity index (χ2v) is 5.76. The molecule has 0 bridgehead atoms. The second kappa shape index (κ2) is 5.75. The zero-order valence-corrected chi connectivity index (χ0v) is 12.2. The molecule has 4 heteroatoms. The van der Waals surface area contributed by atoms with Crippen molar-refractivity contribution in [2.24, 2.45) is 0 Å². The molecule has 0 radical (unpaired) electrons. The summed E-state index contributed by atoms with van der Waals surface area (Å²) in [6.07, 6.45) is 6.22. The number of aromatic nitrogens is 3. The summed E-state index contributed by atoms with van der Waals surface area (Å²) in [4.78, 5) is 9.32. The molecule has 0 amide bonds. The van der Waals surface area contributed by atoms with Crippen molar-refractivity contribution in [3.63, 3.8) is 0 Å². The van der Waals surface area contributed by atoms with Crippen molar-refractivity contribution in [3.05, 3.63) is 42.1 Å². The van der Waals surface area contributed by atoms with Gasteiger partial charge in [-0.1, -0.05) is 19.9 Å². The fraction of sp³-hybridized carbons (Fsp3) is 0.500. The summed E-state index contributed by atoms with van der Waals surface area (Å²) in [5, 5.41) is 3.41. The zero-order valence-electron chi connectivity index (χ0n) is 12.2. The van der Waals surface area contributed by atoms with Gasteiger partial charge in [0.15, 0.2) is 0 Å². The van der Waals surface area contributed by atoms with Gasteiger partial charge in [0, 0.05) is 29.9 Å². The smallest absolute Gasteiger partial charge is 0.138 e. The summed E-state index contributed by atoms with van der Waals surface area (Å²) < 4.78 is 2.11. The molecule has 1 aliphatic rings. The Bertz CT molecular complexity index is 567. The van der Waals surface area contributed by atoms with Crippen LogP contribution in [0.3, 0.4) is 0 Å². The van der Waals surface area contributed by atoms with Gasteiger partial charge in [0.25, 0.3) is 0 Å². The van der Waals surface area contributed by atoms with E-state index in [2.05, 4.69) is 46.9 Å². The maximum atomic E-state index is 4.88. The fourth-order valence-corrected chi connectivity index (χ4v) is 2.85. The third-order valence-electron chi connectivity index (χ3n) is 3.95. The molecule has 1 aliphatic heterocycles. The number of piperidine rings is 1. The van der Waals surface area contributed by atoms with Crippen molar-refractivity contribution in [1.82, 2.24) is 19.9 Å². The van der Waals surface area contributed by atoms with Gasteiger partial charge in [-0.05, 0) is 38.1 Å².